The molecule has 0 bridgehead atoms. The highest BCUT2D eigenvalue weighted by Gasteiger charge is 2.37. The van der Waals surface area contributed by atoms with E-state index in [0.717, 1.165) is 34.1 Å². The molecule has 5 heterocycles. The number of imidazole rings is 2. The molecule has 9 heteroatoms. The smallest absolute Gasteiger partial charge is 0.266 e. The summed E-state index contributed by atoms with van der Waals surface area (Å²) in [7, 11) is 0. The Labute approximate surface area is 170 Å². The number of aromatic amines is 1. The summed E-state index contributed by atoms with van der Waals surface area (Å²) in [6, 6.07) is 5.36. The van der Waals surface area contributed by atoms with Crippen LogP contribution in [0.15, 0.2) is 43.1 Å². The number of halogens is 1. The molecule has 1 aliphatic rings. The number of carbonyl (C=O) groups is 1. The third-order valence-electron chi connectivity index (χ3n) is 5.07. The van der Waals surface area contributed by atoms with Crippen molar-refractivity contribution in [2.75, 3.05) is 6.54 Å². The molecule has 0 saturated carbocycles. The van der Waals surface area contributed by atoms with Gasteiger partial charge in [-0.05, 0) is 26.0 Å². The van der Waals surface area contributed by atoms with Crippen molar-refractivity contribution in [2.45, 2.75) is 32.0 Å². The normalized spacial score (nSPS) is 16.9. The van der Waals surface area contributed by atoms with Gasteiger partial charge in [0.25, 0.3) is 5.91 Å². The zero-order chi connectivity index (χ0) is 20.2. The van der Waals surface area contributed by atoms with Gasteiger partial charge in [-0.3, -0.25) is 4.79 Å². The number of rotatable bonds is 3. The number of hydrogen-bond donors (Lipinski definition) is 1. The van der Waals surface area contributed by atoms with Crippen LogP contribution >= 0.6 is 11.3 Å². The Balaban J connectivity index is 1.57. The maximum absolute atomic E-state index is 14.3. The molecule has 1 aliphatic heterocycles. The molecule has 5 rings (SSSR count). The summed E-state index contributed by atoms with van der Waals surface area (Å²) in [5.74, 6) is -0.186. The van der Waals surface area contributed by atoms with E-state index in [1.54, 1.807) is 11.2 Å². The molecule has 0 aliphatic carbocycles. The van der Waals surface area contributed by atoms with Crippen molar-refractivity contribution in [2.24, 2.45) is 0 Å². The number of nitrogens with zero attached hydrogens (tertiary/aromatic N) is 5. The standard InChI is InChI=1S/C20H19FN6OS/c1-20(2,21)19-22-9-14(29-19)18(28)27-8-6-12-16(24-11-23-12)17(27)13-10-26-7-4-3-5-15(26)25-13/h3-5,7,9-11,17H,6,8H2,1-2H3,(H,23,24)/t17-/m1/s1. The number of hydrogen-bond acceptors (Lipinski definition) is 5. The Hall–Kier alpha value is -3.07. The predicted octanol–water partition coefficient (Wildman–Crippen LogP) is 3.51. The average molecular weight is 410 g/mol. The van der Waals surface area contributed by atoms with E-state index in [0.29, 0.717) is 22.9 Å². The van der Waals surface area contributed by atoms with Crippen LogP contribution in [0.25, 0.3) is 5.65 Å². The van der Waals surface area contributed by atoms with Crippen LogP contribution in [0, 0.1) is 0 Å². The first-order valence-electron chi connectivity index (χ1n) is 9.34. The Kier molecular flexibility index (Phi) is 4.02. The maximum Gasteiger partial charge on any atom is 0.266 e. The van der Waals surface area contributed by atoms with E-state index in [9.17, 15) is 9.18 Å². The monoisotopic (exact) mass is 410 g/mol. The van der Waals surface area contributed by atoms with Crippen molar-refractivity contribution in [1.82, 2.24) is 29.2 Å². The molecule has 4 aromatic rings. The lowest BCUT2D eigenvalue weighted by atomic mass is 10.00. The minimum absolute atomic E-state index is 0.186. The highest BCUT2D eigenvalue weighted by molar-refractivity contribution is 7.13. The van der Waals surface area contributed by atoms with E-state index < -0.39 is 11.7 Å². The number of carbonyl (C=O) groups excluding carboxylic acids is 1. The summed E-state index contributed by atoms with van der Waals surface area (Å²) in [6.45, 7) is 3.39. The summed E-state index contributed by atoms with van der Waals surface area (Å²) in [6.07, 6.45) is 7.63. The molecule has 0 radical (unpaired) electrons. The van der Waals surface area contributed by atoms with Crippen LogP contribution in [-0.2, 0) is 12.1 Å². The molecule has 148 valence electrons. The summed E-state index contributed by atoms with van der Waals surface area (Å²) in [5, 5.41) is 0.294. The maximum atomic E-state index is 14.3. The third kappa shape index (κ3) is 3.02. The van der Waals surface area contributed by atoms with Gasteiger partial charge in [0, 0.05) is 31.1 Å². The van der Waals surface area contributed by atoms with Gasteiger partial charge in [0.1, 0.15) is 21.6 Å². The first kappa shape index (κ1) is 18.0. The van der Waals surface area contributed by atoms with Crippen molar-refractivity contribution >= 4 is 22.9 Å². The zero-order valence-corrected chi connectivity index (χ0v) is 16.8. The van der Waals surface area contributed by atoms with Gasteiger partial charge in [-0.25, -0.2) is 19.3 Å². The molecule has 7 nitrogen and oxygen atoms in total. The lowest BCUT2D eigenvalue weighted by Crippen LogP contribution is -2.40. The summed E-state index contributed by atoms with van der Waals surface area (Å²) < 4.78 is 16.2. The highest BCUT2D eigenvalue weighted by Crippen LogP contribution is 2.36. The van der Waals surface area contributed by atoms with Crippen molar-refractivity contribution < 1.29 is 9.18 Å². The molecular weight excluding hydrogens is 391 g/mol. The molecule has 1 N–H and O–H groups in total. The van der Waals surface area contributed by atoms with Crippen molar-refractivity contribution in [3.63, 3.8) is 0 Å². The fraction of sp³-hybridized carbons (Fsp3) is 0.300. The van der Waals surface area contributed by atoms with Crippen molar-refractivity contribution in [3.8, 4) is 0 Å². The minimum atomic E-state index is -1.58. The van der Waals surface area contributed by atoms with Gasteiger partial charge in [-0.2, -0.15) is 0 Å². The number of fused-ring (bicyclic) bond motifs is 2. The molecule has 0 fully saturated rings. The highest BCUT2D eigenvalue weighted by atomic mass is 32.1. The van der Waals surface area contributed by atoms with Crippen LogP contribution in [0.4, 0.5) is 4.39 Å². The molecule has 0 aromatic carbocycles. The Morgan fingerprint density at radius 3 is 2.97 bits per heavy atom. The van der Waals surface area contributed by atoms with Gasteiger partial charge >= 0.3 is 0 Å². The molecule has 0 spiro atoms. The van der Waals surface area contributed by atoms with Gasteiger partial charge in [-0.1, -0.05) is 6.07 Å². The molecular formula is C20H19FN6OS. The average Bonchev–Trinajstić information content (AvgIpc) is 3.44. The van der Waals surface area contributed by atoms with E-state index in [1.165, 1.54) is 20.0 Å². The van der Waals surface area contributed by atoms with E-state index in [1.807, 2.05) is 35.0 Å². The van der Waals surface area contributed by atoms with Crippen LogP contribution in [0.2, 0.25) is 0 Å². The fourth-order valence-corrected chi connectivity index (χ4v) is 4.54. The Morgan fingerprint density at radius 1 is 1.34 bits per heavy atom. The van der Waals surface area contributed by atoms with Crippen LogP contribution in [0.5, 0.6) is 0 Å². The fourth-order valence-electron chi connectivity index (χ4n) is 3.67. The minimum Gasteiger partial charge on any atom is -0.348 e. The summed E-state index contributed by atoms with van der Waals surface area (Å²) in [5.41, 5.74) is 1.76. The SMILES string of the molecule is CC(C)(F)c1ncc(C(=O)N2CCc3[nH]cnc3[C@H]2c2cn3ccccc3n2)s1. The van der Waals surface area contributed by atoms with Gasteiger partial charge in [0.2, 0.25) is 0 Å². The third-order valence-corrected chi connectivity index (χ3v) is 6.36. The van der Waals surface area contributed by atoms with Crippen LogP contribution in [-0.4, -0.2) is 41.7 Å². The number of aromatic nitrogens is 5. The quantitative estimate of drug-likeness (QED) is 0.561. The van der Waals surface area contributed by atoms with Crippen molar-refractivity contribution in [3.05, 3.63) is 70.1 Å². The van der Waals surface area contributed by atoms with Gasteiger partial charge in [0.05, 0.1) is 23.9 Å². The molecule has 1 amide bonds. The number of nitrogens with one attached hydrogen (secondary N) is 1. The van der Waals surface area contributed by atoms with Crippen molar-refractivity contribution in [1.29, 1.82) is 0 Å². The van der Waals surface area contributed by atoms with E-state index in [2.05, 4.69) is 15.0 Å². The topological polar surface area (TPSA) is 79.2 Å². The van der Waals surface area contributed by atoms with E-state index in [4.69, 9.17) is 4.98 Å². The molecule has 0 unspecified atom stereocenters. The number of H-pyrrole nitrogens is 1. The number of pyridine rings is 1. The second-order valence-electron chi connectivity index (χ2n) is 7.55. The molecule has 29 heavy (non-hydrogen) atoms. The van der Waals surface area contributed by atoms with Gasteiger partial charge < -0.3 is 14.3 Å². The Morgan fingerprint density at radius 2 is 2.21 bits per heavy atom. The second kappa shape index (κ2) is 6.48. The lowest BCUT2D eigenvalue weighted by Gasteiger charge is -2.33. The van der Waals surface area contributed by atoms with Gasteiger partial charge in [-0.15, -0.1) is 11.3 Å². The lowest BCUT2D eigenvalue weighted by molar-refractivity contribution is 0.0692. The second-order valence-corrected chi connectivity index (χ2v) is 8.58. The van der Waals surface area contributed by atoms with Crippen LogP contribution in [0.3, 0.4) is 0 Å². The first-order valence-corrected chi connectivity index (χ1v) is 10.2. The zero-order valence-electron chi connectivity index (χ0n) is 16.0. The summed E-state index contributed by atoms with van der Waals surface area (Å²) in [4.78, 5) is 32.1. The number of thiazole rings is 1. The summed E-state index contributed by atoms with van der Waals surface area (Å²) >= 11 is 1.10. The first-order chi connectivity index (χ1) is 13.9. The van der Waals surface area contributed by atoms with E-state index >= 15 is 0 Å². The number of amides is 1. The predicted molar refractivity (Wildman–Crippen MR) is 107 cm³/mol. The van der Waals surface area contributed by atoms with Crippen LogP contribution < -0.4 is 0 Å². The Bertz CT molecular complexity index is 1170. The number of alkyl halides is 1. The van der Waals surface area contributed by atoms with Crippen LogP contribution in [0.1, 0.15) is 51.7 Å². The largest absolute Gasteiger partial charge is 0.348 e. The van der Waals surface area contributed by atoms with Gasteiger partial charge in [0.15, 0.2) is 5.67 Å². The molecule has 1 atom stereocenters. The molecule has 4 aromatic heterocycles. The van der Waals surface area contributed by atoms with E-state index in [-0.39, 0.29) is 5.91 Å². The molecule has 0 saturated heterocycles.